The summed E-state index contributed by atoms with van der Waals surface area (Å²) in [5.74, 6) is 0.133. The van der Waals surface area contributed by atoms with Gasteiger partial charge in [0.2, 0.25) is 5.88 Å². The normalized spacial score (nSPS) is 10.2. The molecule has 2 aromatic heterocycles. The van der Waals surface area contributed by atoms with Crippen molar-refractivity contribution in [1.82, 2.24) is 19.7 Å². The van der Waals surface area contributed by atoms with Gasteiger partial charge in [-0.05, 0) is 6.92 Å². The molecule has 0 atom stereocenters. The predicted molar refractivity (Wildman–Crippen MR) is 66.1 cm³/mol. The van der Waals surface area contributed by atoms with E-state index in [4.69, 9.17) is 15.2 Å². The van der Waals surface area contributed by atoms with Crippen LogP contribution in [0.2, 0.25) is 0 Å². The van der Waals surface area contributed by atoms with Crippen molar-refractivity contribution >= 4 is 11.7 Å². The summed E-state index contributed by atoms with van der Waals surface area (Å²) in [5.41, 5.74) is 6.40. The summed E-state index contributed by atoms with van der Waals surface area (Å²) in [4.78, 5) is 19.4. The van der Waals surface area contributed by atoms with Gasteiger partial charge in [0, 0.05) is 6.20 Å². The lowest BCUT2D eigenvalue weighted by Crippen LogP contribution is -2.07. The third-order valence-electron chi connectivity index (χ3n) is 2.33. The van der Waals surface area contributed by atoms with Crippen LogP contribution < -0.4 is 10.5 Å². The number of esters is 1. The molecule has 0 radical (unpaired) electrons. The lowest BCUT2D eigenvalue weighted by molar-refractivity contribution is 0.0526. The second kappa shape index (κ2) is 5.34. The summed E-state index contributed by atoms with van der Waals surface area (Å²) in [6.45, 7) is 2.03. The molecule has 100 valence electrons. The standard InChI is InChI=1S/C11H13N5O3/c1-3-19-11(17)7-4-15-16(5-7)9-8(12)10(18-2)14-6-13-9/h4-6H,3,12H2,1-2H3. The van der Waals surface area contributed by atoms with Gasteiger partial charge in [-0.15, -0.1) is 0 Å². The van der Waals surface area contributed by atoms with E-state index in [2.05, 4.69) is 15.1 Å². The molecule has 8 nitrogen and oxygen atoms in total. The van der Waals surface area contributed by atoms with Crippen LogP contribution in [0.5, 0.6) is 5.88 Å². The third-order valence-corrected chi connectivity index (χ3v) is 2.33. The third kappa shape index (κ3) is 2.46. The first-order valence-electron chi connectivity index (χ1n) is 5.54. The Morgan fingerprint density at radius 2 is 2.26 bits per heavy atom. The smallest absolute Gasteiger partial charge is 0.341 e. The second-order valence-electron chi connectivity index (χ2n) is 3.51. The van der Waals surface area contributed by atoms with Crippen LogP contribution in [0.15, 0.2) is 18.7 Å². The van der Waals surface area contributed by atoms with E-state index >= 15 is 0 Å². The topological polar surface area (TPSA) is 105 Å². The molecular weight excluding hydrogens is 250 g/mol. The molecule has 0 saturated heterocycles. The maximum Gasteiger partial charge on any atom is 0.341 e. The fourth-order valence-electron chi connectivity index (χ4n) is 1.47. The molecule has 2 heterocycles. The molecule has 0 aliphatic rings. The van der Waals surface area contributed by atoms with Crippen molar-refractivity contribution in [3.63, 3.8) is 0 Å². The minimum Gasteiger partial charge on any atom is -0.479 e. The lowest BCUT2D eigenvalue weighted by Gasteiger charge is -2.06. The molecule has 0 bridgehead atoms. The van der Waals surface area contributed by atoms with Gasteiger partial charge in [0.25, 0.3) is 0 Å². The van der Waals surface area contributed by atoms with Crippen LogP contribution in [0, 0.1) is 0 Å². The molecule has 19 heavy (non-hydrogen) atoms. The van der Waals surface area contributed by atoms with Gasteiger partial charge in [-0.2, -0.15) is 10.1 Å². The van der Waals surface area contributed by atoms with E-state index in [1.165, 1.54) is 30.5 Å². The fraction of sp³-hybridized carbons (Fsp3) is 0.273. The maximum absolute atomic E-state index is 11.5. The largest absolute Gasteiger partial charge is 0.479 e. The molecule has 2 N–H and O–H groups in total. The molecule has 0 amide bonds. The number of rotatable bonds is 4. The van der Waals surface area contributed by atoms with E-state index in [9.17, 15) is 4.79 Å². The summed E-state index contributed by atoms with van der Waals surface area (Å²) >= 11 is 0. The number of methoxy groups -OCH3 is 1. The zero-order valence-electron chi connectivity index (χ0n) is 10.5. The highest BCUT2D eigenvalue weighted by atomic mass is 16.5. The van der Waals surface area contributed by atoms with E-state index in [1.807, 2.05) is 0 Å². The summed E-state index contributed by atoms with van der Waals surface area (Å²) in [5, 5.41) is 4.02. The van der Waals surface area contributed by atoms with Gasteiger partial charge in [-0.3, -0.25) is 0 Å². The van der Waals surface area contributed by atoms with Gasteiger partial charge in [0.05, 0.1) is 25.5 Å². The molecule has 0 aliphatic carbocycles. The number of carbonyl (C=O) groups excluding carboxylic acids is 1. The van der Waals surface area contributed by atoms with Crippen LogP contribution in [0.4, 0.5) is 5.69 Å². The molecule has 2 aromatic rings. The van der Waals surface area contributed by atoms with Crippen molar-refractivity contribution in [2.45, 2.75) is 6.92 Å². The Bertz CT molecular complexity index is 596. The predicted octanol–water partition coefficient (Wildman–Crippen LogP) is 0.430. The lowest BCUT2D eigenvalue weighted by atomic mass is 10.4. The summed E-state index contributed by atoms with van der Waals surface area (Å²) in [6.07, 6.45) is 4.17. The van der Waals surface area contributed by atoms with Crippen LogP contribution >= 0.6 is 0 Å². The monoisotopic (exact) mass is 263 g/mol. The average molecular weight is 263 g/mol. The number of nitrogen functional groups attached to an aromatic ring is 1. The SMILES string of the molecule is CCOC(=O)c1cnn(-c2ncnc(OC)c2N)c1. The van der Waals surface area contributed by atoms with Crippen molar-refractivity contribution < 1.29 is 14.3 Å². The van der Waals surface area contributed by atoms with Crippen molar-refractivity contribution in [3.8, 4) is 11.7 Å². The van der Waals surface area contributed by atoms with E-state index < -0.39 is 5.97 Å². The number of hydrogen-bond acceptors (Lipinski definition) is 7. The molecule has 8 heteroatoms. The summed E-state index contributed by atoms with van der Waals surface area (Å²) in [7, 11) is 1.45. The van der Waals surface area contributed by atoms with Crippen LogP contribution in [-0.4, -0.2) is 39.4 Å². The van der Waals surface area contributed by atoms with Gasteiger partial charge >= 0.3 is 5.97 Å². The van der Waals surface area contributed by atoms with Crippen LogP contribution in [-0.2, 0) is 4.74 Å². The van der Waals surface area contributed by atoms with E-state index in [1.54, 1.807) is 6.92 Å². The number of anilines is 1. The first-order chi connectivity index (χ1) is 9.17. The zero-order chi connectivity index (χ0) is 13.8. The highest BCUT2D eigenvalue weighted by molar-refractivity contribution is 5.88. The minimum absolute atomic E-state index is 0.239. The van der Waals surface area contributed by atoms with E-state index in [0.29, 0.717) is 18.0 Å². The average Bonchev–Trinajstić information content (AvgIpc) is 2.89. The maximum atomic E-state index is 11.5. The Kier molecular flexibility index (Phi) is 3.60. The first kappa shape index (κ1) is 12.8. The highest BCUT2D eigenvalue weighted by Crippen LogP contribution is 2.22. The van der Waals surface area contributed by atoms with Gasteiger partial charge in [-0.25, -0.2) is 14.5 Å². The van der Waals surface area contributed by atoms with E-state index in [-0.39, 0.29) is 11.6 Å². The molecule has 0 fully saturated rings. The van der Waals surface area contributed by atoms with Crippen LogP contribution in [0.1, 0.15) is 17.3 Å². The Morgan fingerprint density at radius 1 is 1.47 bits per heavy atom. The molecule has 0 unspecified atom stereocenters. The van der Waals surface area contributed by atoms with E-state index in [0.717, 1.165) is 0 Å². The van der Waals surface area contributed by atoms with Crippen LogP contribution in [0.3, 0.4) is 0 Å². The molecule has 0 spiro atoms. The zero-order valence-corrected chi connectivity index (χ0v) is 10.5. The summed E-state index contributed by atoms with van der Waals surface area (Å²) < 4.78 is 11.2. The van der Waals surface area contributed by atoms with Crippen molar-refractivity contribution in [2.24, 2.45) is 0 Å². The molecule has 0 aliphatic heterocycles. The molecule has 0 aromatic carbocycles. The number of hydrogen-bond donors (Lipinski definition) is 1. The fourth-order valence-corrected chi connectivity index (χ4v) is 1.47. The Labute approximate surface area is 109 Å². The Balaban J connectivity index is 2.35. The van der Waals surface area contributed by atoms with Crippen molar-refractivity contribution in [2.75, 3.05) is 19.5 Å². The second-order valence-corrected chi connectivity index (χ2v) is 3.51. The van der Waals surface area contributed by atoms with Gasteiger partial charge in [0.1, 0.15) is 12.0 Å². The van der Waals surface area contributed by atoms with Crippen molar-refractivity contribution in [1.29, 1.82) is 0 Å². The summed E-state index contributed by atoms with van der Waals surface area (Å²) in [6, 6.07) is 0. The number of aromatic nitrogens is 4. The van der Waals surface area contributed by atoms with Crippen molar-refractivity contribution in [3.05, 3.63) is 24.3 Å². The van der Waals surface area contributed by atoms with Gasteiger partial charge in [-0.1, -0.05) is 0 Å². The molecule has 0 saturated carbocycles. The molecule has 2 rings (SSSR count). The quantitative estimate of drug-likeness (QED) is 0.797. The number of nitrogens with two attached hydrogens (primary N) is 1. The highest BCUT2D eigenvalue weighted by Gasteiger charge is 2.14. The Hall–Kier alpha value is -2.64. The van der Waals surface area contributed by atoms with Crippen LogP contribution in [0.25, 0.3) is 5.82 Å². The van der Waals surface area contributed by atoms with Gasteiger partial charge < -0.3 is 15.2 Å². The number of ether oxygens (including phenoxy) is 2. The minimum atomic E-state index is -0.451. The molecular formula is C11H13N5O3. The van der Waals surface area contributed by atoms with Gasteiger partial charge in [0.15, 0.2) is 5.82 Å². The number of nitrogens with zero attached hydrogens (tertiary/aromatic N) is 4. The number of carbonyl (C=O) groups is 1. The Morgan fingerprint density at radius 3 is 2.95 bits per heavy atom. The first-order valence-corrected chi connectivity index (χ1v) is 5.54.